The molecular weight excluding hydrogens is 326 g/mol. The zero-order valence-corrected chi connectivity index (χ0v) is 11.7. The van der Waals surface area contributed by atoms with E-state index in [9.17, 15) is 14.4 Å². The highest BCUT2D eigenvalue weighted by atomic mass is 79.9. The summed E-state index contributed by atoms with van der Waals surface area (Å²) in [6.45, 7) is 0.118. The van der Waals surface area contributed by atoms with Crippen molar-refractivity contribution >= 4 is 39.6 Å². The molecule has 0 bridgehead atoms. The van der Waals surface area contributed by atoms with Crippen LogP contribution in [0.4, 0.5) is 5.69 Å². The van der Waals surface area contributed by atoms with Gasteiger partial charge in [0.25, 0.3) is 11.7 Å². The predicted octanol–water partition coefficient (Wildman–Crippen LogP) is 2.58. The SMILES string of the molecule is O=Cc1ccc(CN2C(=O)C(=O)c3cc(Br)ccc32)o1. The van der Waals surface area contributed by atoms with E-state index < -0.39 is 11.7 Å². The van der Waals surface area contributed by atoms with Crippen LogP contribution in [0.3, 0.4) is 0 Å². The molecule has 0 fully saturated rings. The number of fused-ring (bicyclic) bond motifs is 1. The number of aldehydes is 1. The Morgan fingerprint density at radius 2 is 2.00 bits per heavy atom. The summed E-state index contributed by atoms with van der Waals surface area (Å²) in [7, 11) is 0. The van der Waals surface area contributed by atoms with Crippen LogP contribution < -0.4 is 4.90 Å². The number of hydrogen-bond donors (Lipinski definition) is 0. The number of hydrogen-bond acceptors (Lipinski definition) is 4. The van der Waals surface area contributed by atoms with Gasteiger partial charge in [-0.25, -0.2) is 0 Å². The summed E-state index contributed by atoms with van der Waals surface area (Å²) >= 11 is 3.27. The molecule has 0 saturated heterocycles. The van der Waals surface area contributed by atoms with Crippen LogP contribution in [-0.4, -0.2) is 18.0 Å². The Hall–Kier alpha value is -2.21. The smallest absolute Gasteiger partial charge is 0.299 e. The molecule has 1 aliphatic heterocycles. The van der Waals surface area contributed by atoms with E-state index >= 15 is 0 Å². The van der Waals surface area contributed by atoms with Gasteiger partial charge >= 0.3 is 0 Å². The van der Waals surface area contributed by atoms with Crippen LogP contribution >= 0.6 is 15.9 Å². The maximum atomic E-state index is 12.0. The molecule has 6 heteroatoms. The Kier molecular flexibility index (Phi) is 3.02. The monoisotopic (exact) mass is 333 g/mol. The van der Waals surface area contributed by atoms with Crippen LogP contribution in [0.25, 0.3) is 0 Å². The van der Waals surface area contributed by atoms with Gasteiger partial charge in [0, 0.05) is 4.47 Å². The Bertz CT molecular complexity index is 735. The Morgan fingerprint density at radius 3 is 2.70 bits per heavy atom. The van der Waals surface area contributed by atoms with E-state index in [4.69, 9.17) is 4.42 Å². The number of carbonyl (C=O) groups excluding carboxylic acids is 3. The highest BCUT2D eigenvalue weighted by Crippen LogP contribution is 2.32. The summed E-state index contributed by atoms with van der Waals surface area (Å²) in [6, 6.07) is 8.21. The molecule has 0 radical (unpaired) electrons. The number of Topliss-reactive ketones (excluding diaryl/α,β-unsaturated/α-hetero) is 1. The second-order valence-corrected chi connectivity index (χ2v) is 5.22. The van der Waals surface area contributed by atoms with E-state index in [1.807, 2.05) is 0 Å². The summed E-state index contributed by atoms with van der Waals surface area (Å²) < 4.78 is 5.97. The lowest BCUT2D eigenvalue weighted by atomic mass is 10.1. The quantitative estimate of drug-likeness (QED) is 0.639. The maximum absolute atomic E-state index is 12.0. The van der Waals surface area contributed by atoms with Gasteiger partial charge in [-0.3, -0.25) is 19.3 Å². The number of nitrogens with zero attached hydrogens (tertiary/aromatic N) is 1. The zero-order valence-electron chi connectivity index (χ0n) is 10.1. The number of amides is 1. The minimum absolute atomic E-state index is 0.118. The van der Waals surface area contributed by atoms with Crippen LogP contribution in [0.1, 0.15) is 26.7 Å². The maximum Gasteiger partial charge on any atom is 0.299 e. The lowest BCUT2D eigenvalue weighted by molar-refractivity contribution is -0.114. The first-order valence-electron chi connectivity index (χ1n) is 5.80. The third-order valence-electron chi connectivity index (χ3n) is 3.05. The van der Waals surface area contributed by atoms with Crippen LogP contribution in [0, 0.1) is 0 Å². The van der Waals surface area contributed by atoms with Crippen molar-refractivity contribution in [1.82, 2.24) is 0 Å². The molecule has 1 aliphatic rings. The third-order valence-corrected chi connectivity index (χ3v) is 3.54. The second-order valence-electron chi connectivity index (χ2n) is 4.30. The van der Waals surface area contributed by atoms with Crippen molar-refractivity contribution < 1.29 is 18.8 Å². The number of halogens is 1. The molecule has 0 unspecified atom stereocenters. The van der Waals surface area contributed by atoms with E-state index in [2.05, 4.69) is 15.9 Å². The van der Waals surface area contributed by atoms with Gasteiger partial charge in [-0.1, -0.05) is 15.9 Å². The van der Waals surface area contributed by atoms with Crippen molar-refractivity contribution in [3.63, 3.8) is 0 Å². The van der Waals surface area contributed by atoms with Crippen LogP contribution in [0.2, 0.25) is 0 Å². The number of benzene rings is 1. The van der Waals surface area contributed by atoms with E-state index in [0.717, 1.165) is 4.47 Å². The molecule has 2 aromatic rings. The number of rotatable bonds is 3. The molecule has 100 valence electrons. The largest absolute Gasteiger partial charge is 0.456 e. The molecule has 1 aromatic heterocycles. The minimum atomic E-state index is -0.595. The van der Waals surface area contributed by atoms with Crippen molar-refractivity contribution in [2.45, 2.75) is 6.54 Å². The van der Waals surface area contributed by atoms with Gasteiger partial charge in [0.05, 0.1) is 17.8 Å². The highest BCUT2D eigenvalue weighted by Gasteiger charge is 2.36. The van der Waals surface area contributed by atoms with Gasteiger partial charge in [0.1, 0.15) is 5.76 Å². The minimum Gasteiger partial charge on any atom is -0.456 e. The molecule has 1 aromatic carbocycles. The number of anilines is 1. The molecule has 0 N–H and O–H groups in total. The van der Waals surface area contributed by atoms with Gasteiger partial charge in [-0.15, -0.1) is 0 Å². The Labute approximate surface area is 122 Å². The predicted molar refractivity (Wildman–Crippen MR) is 73.8 cm³/mol. The normalized spacial score (nSPS) is 13.8. The Balaban J connectivity index is 1.96. The first kappa shape index (κ1) is 12.8. The first-order valence-corrected chi connectivity index (χ1v) is 6.59. The average Bonchev–Trinajstić information content (AvgIpc) is 2.99. The fraction of sp³-hybridized carbons (Fsp3) is 0.0714. The Morgan fingerprint density at radius 1 is 1.20 bits per heavy atom. The van der Waals surface area contributed by atoms with Gasteiger partial charge in [-0.2, -0.15) is 0 Å². The van der Waals surface area contributed by atoms with E-state index in [-0.39, 0.29) is 12.3 Å². The number of furan rings is 1. The molecule has 0 spiro atoms. The van der Waals surface area contributed by atoms with Crippen molar-refractivity contribution in [3.8, 4) is 0 Å². The van der Waals surface area contributed by atoms with E-state index in [1.165, 1.54) is 11.0 Å². The molecule has 2 heterocycles. The van der Waals surface area contributed by atoms with Crippen LogP contribution in [-0.2, 0) is 11.3 Å². The lowest BCUT2D eigenvalue weighted by Gasteiger charge is -2.14. The molecule has 0 aliphatic carbocycles. The standard InChI is InChI=1S/C14H8BrNO4/c15-8-1-4-12-11(5-8)13(18)14(19)16(12)6-9-2-3-10(7-17)20-9/h1-5,7H,6H2. The molecule has 1 amide bonds. The molecule has 20 heavy (non-hydrogen) atoms. The third kappa shape index (κ3) is 1.98. The topological polar surface area (TPSA) is 67.6 Å². The molecule has 3 rings (SSSR count). The first-order chi connectivity index (χ1) is 9.60. The van der Waals surface area contributed by atoms with Gasteiger partial charge < -0.3 is 4.42 Å². The molecule has 5 nitrogen and oxygen atoms in total. The van der Waals surface area contributed by atoms with Gasteiger partial charge in [-0.05, 0) is 30.3 Å². The molecular formula is C14H8BrNO4. The molecule has 0 atom stereocenters. The summed E-state index contributed by atoms with van der Waals surface area (Å²) in [6.07, 6.45) is 0.589. The van der Waals surface area contributed by atoms with Crippen LogP contribution in [0.15, 0.2) is 39.2 Å². The van der Waals surface area contributed by atoms with Crippen LogP contribution in [0.5, 0.6) is 0 Å². The van der Waals surface area contributed by atoms with Crippen molar-refractivity contribution in [2.24, 2.45) is 0 Å². The summed E-state index contributed by atoms with van der Waals surface area (Å²) in [5.41, 5.74) is 0.916. The summed E-state index contributed by atoms with van der Waals surface area (Å²) in [4.78, 5) is 35.8. The van der Waals surface area contributed by atoms with E-state index in [0.29, 0.717) is 23.3 Å². The van der Waals surface area contributed by atoms with Crippen molar-refractivity contribution in [1.29, 1.82) is 0 Å². The fourth-order valence-corrected chi connectivity index (χ4v) is 2.49. The van der Waals surface area contributed by atoms with Gasteiger partial charge in [0.15, 0.2) is 12.0 Å². The van der Waals surface area contributed by atoms with E-state index in [1.54, 1.807) is 24.3 Å². The van der Waals surface area contributed by atoms with Crippen molar-refractivity contribution in [2.75, 3.05) is 4.90 Å². The number of ketones is 1. The fourth-order valence-electron chi connectivity index (χ4n) is 2.13. The van der Waals surface area contributed by atoms with Gasteiger partial charge in [0.2, 0.25) is 0 Å². The average molecular weight is 334 g/mol. The second kappa shape index (κ2) is 4.72. The number of carbonyl (C=O) groups is 3. The lowest BCUT2D eigenvalue weighted by Crippen LogP contribution is -2.28. The molecule has 0 saturated carbocycles. The zero-order chi connectivity index (χ0) is 14.3. The highest BCUT2D eigenvalue weighted by molar-refractivity contribution is 9.10. The summed E-state index contributed by atoms with van der Waals surface area (Å²) in [5, 5.41) is 0. The summed E-state index contributed by atoms with van der Waals surface area (Å²) in [5.74, 6) is -0.497. The van der Waals surface area contributed by atoms with Crippen molar-refractivity contribution in [3.05, 3.63) is 51.9 Å².